The van der Waals surface area contributed by atoms with Crippen molar-refractivity contribution in [3.05, 3.63) is 41.2 Å². The molecule has 0 saturated carbocycles. The lowest BCUT2D eigenvalue weighted by Gasteiger charge is -2.30. The Bertz CT molecular complexity index is 937. The van der Waals surface area contributed by atoms with Crippen LogP contribution in [0.15, 0.2) is 28.8 Å². The monoisotopic (exact) mass is 469 g/mol. The van der Waals surface area contributed by atoms with E-state index >= 15 is 0 Å². The van der Waals surface area contributed by atoms with Crippen LogP contribution in [0.4, 0.5) is 16.3 Å². The van der Waals surface area contributed by atoms with Crippen molar-refractivity contribution in [2.75, 3.05) is 43.4 Å². The Kier molecular flexibility index (Phi) is 9.10. The van der Waals surface area contributed by atoms with Crippen LogP contribution in [0.5, 0.6) is 0 Å². The van der Waals surface area contributed by atoms with Crippen molar-refractivity contribution in [1.82, 2.24) is 15.0 Å². The third-order valence-corrected chi connectivity index (χ3v) is 6.26. The number of nitrogens with zero attached hydrogens (tertiary/aromatic N) is 3. The standard InChI is InChI=1S/C26H39N5O3/c1-18(2)21-10-9-11-22(19(3)4)25(21)28-26(33)31(15-14-30-12-7-6-8-13-30)17-24(32)27-23-16-20(5)34-29-23/h9-11,16,18-19H,6-8,12-15,17H2,1-5H3,(H,28,33)(H,27,29,32). The Morgan fingerprint density at radius 3 is 2.26 bits per heavy atom. The summed E-state index contributed by atoms with van der Waals surface area (Å²) in [6.45, 7) is 13.5. The molecule has 0 spiro atoms. The molecule has 8 nitrogen and oxygen atoms in total. The SMILES string of the molecule is Cc1cc(NC(=O)CN(CCN2CCCCC2)C(=O)Nc2c(C(C)C)cccc2C(C)C)no1. The van der Waals surface area contributed by atoms with Gasteiger partial charge >= 0.3 is 6.03 Å². The van der Waals surface area contributed by atoms with Gasteiger partial charge in [-0.2, -0.15) is 0 Å². The summed E-state index contributed by atoms with van der Waals surface area (Å²) < 4.78 is 5.03. The van der Waals surface area contributed by atoms with Gasteiger partial charge in [-0.05, 0) is 55.8 Å². The van der Waals surface area contributed by atoms with Gasteiger partial charge in [0.2, 0.25) is 5.91 Å². The number of carbonyl (C=O) groups excluding carboxylic acids is 2. The number of urea groups is 1. The highest BCUT2D eigenvalue weighted by atomic mass is 16.5. The molecule has 1 aromatic heterocycles. The Hall–Kier alpha value is -2.87. The summed E-state index contributed by atoms with van der Waals surface area (Å²) in [6.07, 6.45) is 3.61. The summed E-state index contributed by atoms with van der Waals surface area (Å²) >= 11 is 0. The van der Waals surface area contributed by atoms with Crippen LogP contribution in [0.3, 0.4) is 0 Å². The summed E-state index contributed by atoms with van der Waals surface area (Å²) in [7, 11) is 0. The van der Waals surface area contributed by atoms with Gasteiger partial charge in [-0.1, -0.05) is 57.5 Å². The lowest BCUT2D eigenvalue weighted by Crippen LogP contribution is -2.45. The second kappa shape index (κ2) is 12.0. The van der Waals surface area contributed by atoms with Crippen molar-refractivity contribution in [3.63, 3.8) is 0 Å². The lowest BCUT2D eigenvalue weighted by atomic mass is 9.93. The first-order valence-corrected chi connectivity index (χ1v) is 12.4. The predicted octanol–water partition coefficient (Wildman–Crippen LogP) is 5.19. The number of amides is 3. The number of nitrogens with one attached hydrogen (secondary N) is 2. The zero-order valence-electron chi connectivity index (χ0n) is 21.2. The number of anilines is 2. The van der Waals surface area contributed by atoms with Crippen molar-refractivity contribution in [2.45, 2.75) is 65.7 Å². The van der Waals surface area contributed by atoms with E-state index in [1.807, 2.05) is 6.07 Å². The average molecular weight is 470 g/mol. The molecule has 2 heterocycles. The average Bonchev–Trinajstić information content (AvgIpc) is 3.21. The number of para-hydroxylation sites is 1. The van der Waals surface area contributed by atoms with E-state index in [0.717, 1.165) is 36.4 Å². The molecule has 0 unspecified atom stereocenters. The molecular weight excluding hydrogens is 430 g/mol. The van der Waals surface area contributed by atoms with Crippen molar-refractivity contribution in [3.8, 4) is 0 Å². The van der Waals surface area contributed by atoms with Crippen molar-refractivity contribution in [1.29, 1.82) is 0 Å². The van der Waals surface area contributed by atoms with Gasteiger partial charge in [0.15, 0.2) is 5.82 Å². The maximum atomic E-state index is 13.5. The third kappa shape index (κ3) is 7.06. The van der Waals surface area contributed by atoms with Gasteiger partial charge in [0.1, 0.15) is 12.3 Å². The molecule has 1 fully saturated rings. The van der Waals surface area contributed by atoms with Crippen LogP contribution in [-0.4, -0.2) is 59.6 Å². The van der Waals surface area contributed by atoms with E-state index < -0.39 is 0 Å². The molecule has 0 aliphatic carbocycles. The van der Waals surface area contributed by atoms with Crippen LogP contribution < -0.4 is 10.6 Å². The van der Waals surface area contributed by atoms with Crippen LogP contribution in [0, 0.1) is 6.92 Å². The molecule has 0 bridgehead atoms. The second-order valence-electron chi connectivity index (χ2n) is 9.75. The topological polar surface area (TPSA) is 90.7 Å². The summed E-state index contributed by atoms with van der Waals surface area (Å²) in [6, 6.07) is 7.55. The molecule has 3 amide bonds. The fourth-order valence-corrected chi connectivity index (χ4v) is 4.36. The van der Waals surface area contributed by atoms with E-state index in [2.05, 4.69) is 60.5 Å². The van der Waals surface area contributed by atoms with Gasteiger partial charge < -0.3 is 25.0 Å². The number of carbonyl (C=O) groups is 2. The normalized spacial score (nSPS) is 14.4. The Labute approximate surface area is 203 Å². The number of likely N-dealkylation sites (tertiary alicyclic amines) is 1. The zero-order valence-corrected chi connectivity index (χ0v) is 21.2. The minimum absolute atomic E-state index is 0.0631. The largest absolute Gasteiger partial charge is 0.360 e. The van der Waals surface area contributed by atoms with Crippen LogP contribution in [0.1, 0.15) is 75.7 Å². The minimum Gasteiger partial charge on any atom is -0.360 e. The summed E-state index contributed by atoms with van der Waals surface area (Å²) in [5, 5.41) is 9.71. The van der Waals surface area contributed by atoms with E-state index in [1.165, 1.54) is 19.3 Å². The summed E-state index contributed by atoms with van der Waals surface area (Å²) in [4.78, 5) is 30.2. The number of rotatable bonds is 9. The highest BCUT2D eigenvalue weighted by Gasteiger charge is 2.23. The summed E-state index contributed by atoms with van der Waals surface area (Å²) in [5.74, 6) is 1.18. The molecule has 2 N–H and O–H groups in total. The molecule has 0 radical (unpaired) electrons. The summed E-state index contributed by atoms with van der Waals surface area (Å²) in [5.41, 5.74) is 3.05. The molecular formula is C26H39N5O3. The first-order valence-electron chi connectivity index (χ1n) is 12.4. The molecule has 34 heavy (non-hydrogen) atoms. The number of aromatic nitrogens is 1. The Morgan fingerprint density at radius 1 is 1.06 bits per heavy atom. The van der Waals surface area contributed by atoms with Crippen LogP contribution in [0.2, 0.25) is 0 Å². The maximum absolute atomic E-state index is 13.5. The number of hydrogen-bond donors (Lipinski definition) is 2. The predicted molar refractivity (Wildman–Crippen MR) is 135 cm³/mol. The fraction of sp³-hybridized carbons (Fsp3) is 0.577. The van der Waals surface area contributed by atoms with Gasteiger partial charge in [0, 0.05) is 24.8 Å². The van der Waals surface area contributed by atoms with E-state index in [1.54, 1.807) is 17.9 Å². The number of benzene rings is 1. The lowest BCUT2D eigenvalue weighted by molar-refractivity contribution is -0.116. The van der Waals surface area contributed by atoms with E-state index in [4.69, 9.17) is 4.52 Å². The second-order valence-corrected chi connectivity index (χ2v) is 9.75. The highest BCUT2D eigenvalue weighted by Crippen LogP contribution is 2.32. The smallest absolute Gasteiger partial charge is 0.322 e. The van der Waals surface area contributed by atoms with Crippen molar-refractivity contribution in [2.24, 2.45) is 0 Å². The number of piperidine rings is 1. The first kappa shape index (κ1) is 25.7. The Morgan fingerprint density at radius 2 is 1.71 bits per heavy atom. The van der Waals surface area contributed by atoms with E-state index in [0.29, 0.717) is 18.1 Å². The molecule has 3 rings (SSSR count). The Balaban J connectivity index is 1.77. The van der Waals surface area contributed by atoms with Gasteiger partial charge in [0.05, 0.1) is 0 Å². The molecule has 186 valence electrons. The number of aryl methyl sites for hydroxylation is 1. The van der Waals surface area contributed by atoms with Crippen LogP contribution >= 0.6 is 0 Å². The van der Waals surface area contributed by atoms with Crippen LogP contribution in [0.25, 0.3) is 0 Å². The fourth-order valence-electron chi connectivity index (χ4n) is 4.36. The molecule has 0 atom stereocenters. The van der Waals surface area contributed by atoms with Crippen molar-refractivity contribution >= 4 is 23.4 Å². The van der Waals surface area contributed by atoms with Crippen LogP contribution in [-0.2, 0) is 4.79 Å². The third-order valence-electron chi connectivity index (χ3n) is 6.26. The molecule has 8 heteroatoms. The molecule has 2 aromatic rings. The van der Waals surface area contributed by atoms with Crippen molar-refractivity contribution < 1.29 is 14.1 Å². The van der Waals surface area contributed by atoms with Gasteiger partial charge in [0.25, 0.3) is 0 Å². The number of hydrogen-bond acceptors (Lipinski definition) is 5. The van der Waals surface area contributed by atoms with E-state index in [9.17, 15) is 9.59 Å². The molecule has 1 aromatic carbocycles. The highest BCUT2D eigenvalue weighted by molar-refractivity contribution is 5.97. The molecule has 1 aliphatic heterocycles. The zero-order chi connectivity index (χ0) is 24.7. The van der Waals surface area contributed by atoms with Gasteiger partial charge in [-0.15, -0.1) is 0 Å². The minimum atomic E-state index is -0.302. The first-order chi connectivity index (χ1) is 16.2. The maximum Gasteiger partial charge on any atom is 0.322 e. The van der Waals surface area contributed by atoms with Gasteiger partial charge in [-0.25, -0.2) is 4.79 Å². The molecule has 1 aliphatic rings. The van der Waals surface area contributed by atoms with Gasteiger partial charge in [-0.3, -0.25) is 4.79 Å². The quantitative estimate of drug-likeness (QED) is 0.527. The molecule has 1 saturated heterocycles. The van der Waals surface area contributed by atoms with E-state index in [-0.39, 0.29) is 30.3 Å².